The normalized spacial score (nSPS) is 28.2. The number of carbonyl (C=O) groups is 1. The summed E-state index contributed by atoms with van der Waals surface area (Å²) in [5.41, 5.74) is 2.81. The van der Waals surface area contributed by atoms with E-state index in [9.17, 15) is 9.90 Å². The highest BCUT2D eigenvalue weighted by Crippen LogP contribution is 2.53. The maximum Gasteiger partial charge on any atom is 0.309 e. The zero-order chi connectivity index (χ0) is 20.1. The third-order valence-electron chi connectivity index (χ3n) is 6.24. The molecule has 4 rings (SSSR count). The van der Waals surface area contributed by atoms with Gasteiger partial charge in [0.05, 0.1) is 18.1 Å². The first-order chi connectivity index (χ1) is 13.3. The van der Waals surface area contributed by atoms with Gasteiger partial charge in [-0.1, -0.05) is 50.2 Å². The maximum absolute atomic E-state index is 11.9. The third-order valence-corrected chi connectivity index (χ3v) is 6.24. The third kappa shape index (κ3) is 3.20. The smallest absolute Gasteiger partial charge is 0.309 e. The molecule has 0 aliphatic carbocycles. The number of rotatable bonds is 3. The first-order valence-electron chi connectivity index (χ1n) is 10.0. The lowest BCUT2D eigenvalue weighted by Crippen LogP contribution is -2.53. The van der Waals surface area contributed by atoms with Crippen LogP contribution in [0, 0.1) is 17.8 Å². The standard InChI is InChI=1S/C24H28O4/c1-14(2)21-18(23(25)26)13-19-22(27-21)17-12-16(15-8-6-5-7-9-15)10-11-20(17)28-24(19,3)4/h5-12,14,18-19,21-22H,13H2,1-4H3,(H,25,26)/t18-,19+,21+,22-/m0/s1. The Kier molecular flexibility index (Phi) is 4.70. The second-order valence-electron chi connectivity index (χ2n) is 8.88. The summed E-state index contributed by atoms with van der Waals surface area (Å²) in [6.45, 7) is 8.15. The molecule has 0 unspecified atom stereocenters. The largest absolute Gasteiger partial charge is 0.487 e. The van der Waals surface area contributed by atoms with E-state index in [4.69, 9.17) is 9.47 Å². The quantitative estimate of drug-likeness (QED) is 0.782. The fraction of sp³-hybridized carbons (Fsp3) is 0.458. The molecule has 4 nitrogen and oxygen atoms in total. The van der Waals surface area contributed by atoms with Crippen LogP contribution in [-0.4, -0.2) is 22.8 Å². The molecule has 0 aromatic heterocycles. The Morgan fingerprint density at radius 3 is 2.46 bits per heavy atom. The van der Waals surface area contributed by atoms with Gasteiger partial charge in [-0.05, 0) is 49.4 Å². The van der Waals surface area contributed by atoms with Gasteiger partial charge in [0, 0.05) is 11.5 Å². The summed E-state index contributed by atoms with van der Waals surface area (Å²) in [6.07, 6.45) is 0.0940. The minimum Gasteiger partial charge on any atom is -0.487 e. The van der Waals surface area contributed by atoms with Crippen molar-refractivity contribution < 1.29 is 19.4 Å². The van der Waals surface area contributed by atoms with E-state index in [-0.39, 0.29) is 24.0 Å². The van der Waals surface area contributed by atoms with E-state index in [0.29, 0.717) is 6.42 Å². The van der Waals surface area contributed by atoms with Crippen molar-refractivity contribution in [2.75, 3.05) is 0 Å². The molecular weight excluding hydrogens is 352 g/mol. The number of hydrogen-bond acceptors (Lipinski definition) is 3. The Hall–Kier alpha value is -2.33. The number of hydrogen-bond donors (Lipinski definition) is 1. The molecule has 0 amide bonds. The summed E-state index contributed by atoms with van der Waals surface area (Å²) in [5, 5.41) is 9.79. The molecule has 4 atom stereocenters. The average molecular weight is 380 g/mol. The lowest BCUT2D eigenvalue weighted by atomic mass is 9.70. The molecule has 0 saturated carbocycles. The zero-order valence-electron chi connectivity index (χ0n) is 16.9. The highest BCUT2D eigenvalue weighted by molar-refractivity contribution is 5.71. The summed E-state index contributed by atoms with van der Waals surface area (Å²) in [5.74, 6) is -0.335. The molecule has 28 heavy (non-hydrogen) atoms. The van der Waals surface area contributed by atoms with Crippen molar-refractivity contribution in [2.45, 2.75) is 51.9 Å². The minimum atomic E-state index is -0.781. The number of carboxylic acids is 1. The van der Waals surface area contributed by atoms with Crippen LogP contribution >= 0.6 is 0 Å². The molecule has 2 aliphatic heterocycles. The van der Waals surface area contributed by atoms with Crippen molar-refractivity contribution in [3.63, 3.8) is 0 Å². The minimum absolute atomic E-state index is 0.0119. The van der Waals surface area contributed by atoms with Gasteiger partial charge in [-0.2, -0.15) is 0 Å². The summed E-state index contributed by atoms with van der Waals surface area (Å²) in [6, 6.07) is 16.5. The second kappa shape index (κ2) is 6.93. The highest BCUT2D eigenvalue weighted by Gasteiger charge is 2.52. The average Bonchev–Trinajstić information content (AvgIpc) is 2.67. The van der Waals surface area contributed by atoms with Crippen LogP contribution < -0.4 is 4.74 Å². The molecular formula is C24H28O4. The first kappa shape index (κ1) is 19.0. The number of fused-ring (bicyclic) bond motifs is 3. The topological polar surface area (TPSA) is 55.8 Å². The summed E-state index contributed by atoms with van der Waals surface area (Å²) >= 11 is 0. The molecule has 148 valence electrons. The fourth-order valence-electron chi connectivity index (χ4n) is 4.72. The predicted molar refractivity (Wildman–Crippen MR) is 108 cm³/mol. The van der Waals surface area contributed by atoms with Crippen molar-refractivity contribution in [1.29, 1.82) is 0 Å². The van der Waals surface area contributed by atoms with E-state index < -0.39 is 17.5 Å². The molecule has 0 spiro atoms. The number of benzene rings is 2. The highest BCUT2D eigenvalue weighted by atomic mass is 16.5. The molecule has 2 aromatic carbocycles. The Labute approximate surface area is 166 Å². The molecule has 2 aromatic rings. The Balaban J connectivity index is 1.78. The van der Waals surface area contributed by atoms with Crippen LogP contribution in [0.2, 0.25) is 0 Å². The van der Waals surface area contributed by atoms with Gasteiger partial charge in [-0.25, -0.2) is 0 Å². The van der Waals surface area contributed by atoms with Gasteiger partial charge in [-0.3, -0.25) is 4.79 Å². The molecule has 2 heterocycles. The molecule has 2 aliphatic rings. The summed E-state index contributed by atoms with van der Waals surface area (Å²) < 4.78 is 12.8. The van der Waals surface area contributed by atoms with Crippen LogP contribution in [0.1, 0.15) is 45.8 Å². The van der Waals surface area contributed by atoms with Crippen LogP contribution in [-0.2, 0) is 9.53 Å². The van der Waals surface area contributed by atoms with Gasteiger partial charge < -0.3 is 14.6 Å². The fourth-order valence-corrected chi connectivity index (χ4v) is 4.72. The van der Waals surface area contributed by atoms with Crippen LogP contribution in [0.15, 0.2) is 48.5 Å². The molecule has 1 N–H and O–H groups in total. The Bertz CT molecular complexity index is 871. The summed E-state index contributed by atoms with van der Waals surface area (Å²) in [7, 11) is 0. The van der Waals surface area contributed by atoms with Crippen LogP contribution in [0.3, 0.4) is 0 Å². The maximum atomic E-state index is 11.9. The number of ether oxygens (including phenoxy) is 2. The van der Waals surface area contributed by atoms with Crippen molar-refractivity contribution in [3.05, 3.63) is 54.1 Å². The van der Waals surface area contributed by atoms with Gasteiger partial charge in [-0.15, -0.1) is 0 Å². The molecule has 0 bridgehead atoms. The van der Waals surface area contributed by atoms with Gasteiger partial charge >= 0.3 is 5.97 Å². The van der Waals surface area contributed by atoms with Gasteiger partial charge in [0.1, 0.15) is 11.4 Å². The number of aliphatic carboxylic acids is 1. The van der Waals surface area contributed by atoms with Gasteiger partial charge in [0.2, 0.25) is 0 Å². The molecule has 0 radical (unpaired) electrons. The second-order valence-corrected chi connectivity index (χ2v) is 8.88. The Morgan fingerprint density at radius 1 is 1.11 bits per heavy atom. The van der Waals surface area contributed by atoms with E-state index in [2.05, 4.69) is 24.3 Å². The molecule has 1 saturated heterocycles. The predicted octanol–water partition coefficient (Wildman–Crippen LogP) is 5.33. The van der Waals surface area contributed by atoms with E-state index >= 15 is 0 Å². The van der Waals surface area contributed by atoms with Crippen molar-refractivity contribution in [2.24, 2.45) is 17.8 Å². The monoisotopic (exact) mass is 380 g/mol. The van der Waals surface area contributed by atoms with Crippen molar-refractivity contribution >= 4 is 5.97 Å². The SMILES string of the molecule is CC(C)[C@H]1O[C@H]2c3cc(-c4ccccc4)ccc3OC(C)(C)[C@@H]2C[C@@H]1C(=O)O. The van der Waals surface area contributed by atoms with Gasteiger partial charge in [0.25, 0.3) is 0 Å². The van der Waals surface area contributed by atoms with Crippen molar-refractivity contribution in [3.8, 4) is 16.9 Å². The first-order valence-corrected chi connectivity index (χ1v) is 10.0. The summed E-state index contributed by atoms with van der Waals surface area (Å²) in [4.78, 5) is 11.9. The van der Waals surface area contributed by atoms with E-state index in [1.165, 1.54) is 0 Å². The molecule has 1 fully saturated rings. The zero-order valence-corrected chi connectivity index (χ0v) is 16.9. The van der Waals surface area contributed by atoms with Crippen LogP contribution in [0.25, 0.3) is 11.1 Å². The number of carboxylic acid groups (broad SMARTS) is 1. The van der Waals surface area contributed by atoms with E-state index in [0.717, 1.165) is 22.4 Å². The lowest BCUT2D eigenvalue weighted by Gasteiger charge is -2.51. The van der Waals surface area contributed by atoms with Gasteiger partial charge in [0.15, 0.2) is 0 Å². The van der Waals surface area contributed by atoms with E-state index in [1.54, 1.807) is 0 Å². The Morgan fingerprint density at radius 2 is 1.82 bits per heavy atom. The van der Waals surface area contributed by atoms with Crippen LogP contribution in [0.4, 0.5) is 0 Å². The molecule has 4 heteroatoms. The van der Waals surface area contributed by atoms with Crippen molar-refractivity contribution in [1.82, 2.24) is 0 Å². The lowest BCUT2D eigenvalue weighted by molar-refractivity contribution is -0.195. The van der Waals surface area contributed by atoms with E-state index in [1.807, 2.05) is 52.0 Å². The van der Waals surface area contributed by atoms with Crippen LogP contribution in [0.5, 0.6) is 5.75 Å².